The smallest absolute Gasteiger partial charge is 0.269 e. The summed E-state index contributed by atoms with van der Waals surface area (Å²) in [6, 6.07) is 0. The van der Waals surface area contributed by atoms with Gasteiger partial charge in [-0.05, 0) is 18.8 Å². The van der Waals surface area contributed by atoms with Crippen LogP contribution in [0, 0.1) is 23.5 Å². The fourth-order valence-corrected chi connectivity index (χ4v) is 3.35. The summed E-state index contributed by atoms with van der Waals surface area (Å²) in [5, 5.41) is 0. The van der Waals surface area contributed by atoms with E-state index in [9.17, 15) is 0 Å². The molecule has 0 aromatic carbocycles. The van der Waals surface area contributed by atoms with Crippen molar-refractivity contribution < 1.29 is 26.2 Å². The van der Waals surface area contributed by atoms with Crippen LogP contribution in [0.3, 0.4) is 0 Å². The van der Waals surface area contributed by atoms with Crippen LogP contribution in [0.25, 0.3) is 0 Å². The van der Waals surface area contributed by atoms with Crippen molar-refractivity contribution in [3.63, 3.8) is 0 Å². The van der Waals surface area contributed by atoms with Gasteiger partial charge in [-0.25, -0.2) is 17.2 Å². The molecule has 0 aromatic heterocycles. The zero-order valence-corrected chi connectivity index (χ0v) is 19.2. The second kappa shape index (κ2) is 11.1. The van der Waals surface area contributed by atoms with Crippen LogP contribution in [-0.4, -0.2) is 0 Å². The number of hydrogen-bond acceptors (Lipinski definition) is 0. The van der Waals surface area contributed by atoms with Crippen molar-refractivity contribution in [2.24, 2.45) is 11.3 Å². The van der Waals surface area contributed by atoms with Gasteiger partial charge in [0.15, 0.2) is 0 Å². The fourth-order valence-electron chi connectivity index (χ4n) is 3.35. The Morgan fingerprint density at radius 1 is 1.04 bits per heavy atom. The summed E-state index contributed by atoms with van der Waals surface area (Å²) in [5.41, 5.74) is 5.89. The first-order valence-corrected chi connectivity index (χ1v) is 7.99. The van der Waals surface area contributed by atoms with E-state index < -0.39 is 0 Å². The molecule has 0 nitrogen and oxygen atoms in total. The average Bonchev–Trinajstić information content (AvgIpc) is 3.10. The van der Waals surface area contributed by atoms with Crippen LogP contribution in [0.15, 0.2) is 34.4 Å². The van der Waals surface area contributed by atoms with E-state index in [1.54, 1.807) is 0 Å². The molecule has 0 amide bonds. The van der Waals surface area contributed by atoms with Gasteiger partial charge in [0.1, 0.15) is 0 Å². The third-order valence-electron chi connectivity index (χ3n) is 5.08. The second-order valence-electron chi connectivity index (χ2n) is 6.84. The van der Waals surface area contributed by atoms with Crippen molar-refractivity contribution in [3.05, 3.63) is 46.6 Å². The Labute approximate surface area is 174 Å². The Hall–Kier alpha value is 0.423. The molecule has 0 saturated heterocycles. The summed E-state index contributed by atoms with van der Waals surface area (Å²) in [5.74, 6) is 0.874. The molecule has 0 radical (unpaired) electrons. The molecule has 0 heterocycles. The van der Waals surface area contributed by atoms with Gasteiger partial charge in [0.05, 0.1) is 0 Å². The van der Waals surface area contributed by atoms with Crippen molar-refractivity contribution in [2.75, 3.05) is 0 Å². The molecule has 0 atom stereocenters. The largest absolute Gasteiger partial charge is 2.00 e. The molecule has 3 rings (SSSR count). The first kappa shape index (κ1) is 25.7. The molecule has 3 heteroatoms. The molecule has 1 fully saturated rings. The Kier molecular flexibility index (Phi) is 12.4. The van der Waals surface area contributed by atoms with Gasteiger partial charge in [-0.15, -0.1) is 38.2 Å². The molecule has 0 bridgehead atoms. The van der Waals surface area contributed by atoms with Crippen molar-refractivity contribution in [3.8, 4) is 0 Å². The van der Waals surface area contributed by atoms with Crippen LogP contribution >= 0.6 is 24.8 Å². The average molecular weight is 433 g/mol. The summed E-state index contributed by atoms with van der Waals surface area (Å²) < 4.78 is 0. The number of hydrogen-bond donors (Lipinski definition) is 0. The Morgan fingerprint density at radius 3 is 1.91 bits per heavy atom. The van der Waals surface area contributed by atoms with Gasteiger partial charge in [-0.1, -0.05) is 46.0 Å². The van der Waals surface area contributed by atoms with Gasteiger partial charge in [0.2, 0.25) is 0 Å². The maximum atomic E-state index is 3.44. The third-order valence-corrected chi connectivity index (χ3v) is 5.08. The molecule has 23 heavy (non-hydrogen) atoms. The van der Waals surface area contributed by atoms with Gasteiger partial charge < -0.3 is 0 Å². The molecule has 0 aliphatic heterocycles. The Balaban J connectivity index is 0. The molecule has 3 aliphatic carbocycles. The maximum Gasteiger partial charge on any atom is 2.00 e. The van der Waals surface area contributed by atoms with E-state index in [0.717, 1.165) is 12.3 Å². The second-order valence-corrected chi connectivity index (χ2v) is 6.84. The Bertz CT molecular complexity index is 490. The van der Waals surface area contributed by atoms with Crippen LogP contribution in [-0.2, 0) is 26.2 Å². The molecule has 0 spiro atoms. The molecule has 3 aliphatic rings. The van der Waals surface area contributed by atoms with E-state index in [1.165, 1.54) is 48.0 Å². The van der Waals surface area contributed by atoms with Crippen molar-refractivity contribution in [1.29, 1.82) is 0 Å². The molecular weight excluding hydrogens is 402 g/mol. The summed E-state index contributed by atoms with van der Waals surface area (Å²) in [6.07, 6.45) is 18.1. The number of halogens is 2. The minimum Gasteiger partial charge on any atom is -0.269 e. The molecule has 1 saturated carbocycles. The predicted octanol–water partition coefficient (Wildman–Crippen LogP) is 6.82. The van der Waals surface area contributed by atoms with Crippen LogP contribution in [0.5, 0.6) is 0 Å². The monoisotopic (exact) mass is 430 g/mol. The maximum absolute atomic E-state index is 3.44. The first-order valence-electron chi connectivity index (χ1n) is 7.99. The van der Waals surface area contributed by atoms with Crippen molar-refractivity contribution in [1.82, 2.24) is 0 Å². The summed E-state index contributed by atoms with van der Waals surface area (Å²) in [6.45, 7) is 10.9. The van der Waals surface area contributed by atoms with Crippen LogP contribution in [0.4, 0.5) is 0 Å². The van der Waals surface area contributed by atoms with E-state index in [2.05, 4.69) is 58.9 Å². The van der Waals surface area contributed by atoms with Crippen LogP contribution in [0.1, 0.15) is 66.7 Å². The summed E-state index contributed by atoms with van der Waals surface area (Å²) >= 11 is 0. The van der Waals surface area contributed by atoms with E-state index in [-0.39, 0.29) is 56.4 Å². The minimum atomic E-state index is 0. The third kappa shape index (κ3) is 6.68. The van der Waals surface area contributed by atoms with Crippen LogP contribution in [0.2, 0.25) is 0 Å². The summed E-state index contributed by atoms with van der Waals surface area (Å²) in [4.78, 5) is 0. The van der Waals surface area contributed by atoms with Gasteiger partial charge >= 0.3 is 26.2 Å². The Morgan fingerprint density at radius 2 is 1.61 bits per heavy atom. The van der Waals surface area contributed by atoms with E-state index in [4.69, 9.17) is 0 Å². The van der Waals surface area contributed by atoms with Crippen molar-refractivity contribution in [2.45, 2.75) is 66.7 Å². The van der Waals surface area contributed by atoms with Crippen molar-refractivity contribution >= 4 is 24.8 Å². The van der Waals surface area contributed by atoms with Gasteiger partial charge in [0, 0.05) is 0 Å². The quantitative estimate of drug-likeness (QED) is 0.399. The molecular formula is C20H30Cl2Zr. The fraction of sp³-hybridized carbons (Fsp3) is 0.600. The zero-order chi connectivity index (χ0) is 14.8. The van der Waals surface area contributed by atoms with Crippen LogP contribution < -0.4 is 0 Å². The molecule has 128 valence electrons. The number of allylic oxidation sites excluding steroid dienone is 8. The SMILES string of the molecule is CC1=[C-]C(C)(C)C(C)=C1C.Cl.Cl.[C-]1=C(C2CCCC2)C=CC1.[Zr+2]. The molecule has 0 N–H and O–H groups in total. The topological polar surface area (TPSA) is 0 Å². The predicted molar refractivity (Wildman–Crippen MR) is 102 cm³/mol. The first-order chi connectivity index (χ1) is 9.42. The molecule has 0 aromatic rings. The van der Waals surface area contributed by atoms with Gasteiger partial charge in [-0.2, -0.15) is 17.2 Å². The standard InChI is InChI=1S/C10H13.C10H15.2ClH.Zr/c1-2-6-9(5-1)10-7-3-4-8-10;1-7-6-10(4,5)9(3)8(7)2;;;/h1,5,10H,2-4,7-8H2;1-5H3;2*1H;/q2*-1;;;+2. The van der Waals surface area contributed by atoms with Gasteiger partial charge in [-0.3, -0.25) is 12.2 Å². The zero-order valence-electron chi connectivity index (χ0n) is 15.1. The van der Waals surface area contributed by atoms with E-state index in [0.29, 0.717) is 0 Å². The normalized spacial score (nSPS) is 21.4. The van der Waals surface area contributed by atoms with E-state index in [1.807, 2.05) is 0 Å². The van der Waals surface area contributed by atoms with E-state index >= 15 is 0 Å². The number of rotatable bonds is 1. The minimum absolute atomic E-state index is 0. The summed E-state index contributed by atoms with van der Waals surface area (Å²) in [7, 11) is 0. The molecule has 0 unspecified atom stereocenters. The van der Waals surface area contributed by atoms with Gasteiger partial charge in [0.25, 0.3) is 0 Å².